The number of nitrogens with zero attached hydrogens (tertiary/aromatic N) is 2. The highest BCUT2D eigenvalue weighted by Crippen LogP contribution is 2.25. The Morgan fingerprint density at radius 3 is 2.70 bits per heavy atom. The van der Waals surface area contributed by atoms with Gasteiger partial charge in [-0.1, -0.05) is 15.9 Å². The van der Waals surface area contributed by atoms with Crippen molar-refractivity contribution in [3.8, 4) is 0 Å². The second-order valence-corrected chi connectivity index (χ2v) is 8.34. The van der Waals surface area contributed by atoms with Gasteiger partial charge in [0.25, 0.3) is 0 Å². The van der Waals surface area contributed by atoms with Gasteiger partial charge in [-0.05, 0) is 57.1 Å². The molecule has 0 radical (unpaired) electrons. The van der Waals surface area contributed by atoms with Crippen LogP contribution in [0.25, 0.3) is 0 Å². The quantitative estimate of drug-likeness (QED) is 0.831. The number of piperidine rings is 1. The molecule has 1 fully saturated rings. The third-order valence-corrected chi connectivity index (χ3v) is 6.72. The minimum absolute atomic E-state index is 0.0581. The van der Waals surface area contributed by atoms with Gasteiger partial charge in [0.2, 0.25) is 10.0 Å². The molecule has 1 aliphatic rings. The van der Waals surface area contributed by atoms with Gasteiger partial charge >= 0.3 is 0 Å². The van der Waals surface area contributed by atoms with Crippen molar-refractivity contribution in [3.63, 3.8) is 0 Å². The monoisotopic (exact) mass is 360 g/mol. The number of aryl methyl sites for hydroxylation is 1. The van der Waals surface area contributed by atoms with Crippen LogP contribution in [0.1, 0.15) is 18.4 Å². The van der Waals surface area contributed by atoms with Crippen LogP contribution in [0.3, 0.4) is 0 Å². The van der Waals surface area contributed by atoms with E-state index in [1.54, 1.807) is 25.2 Å². The fourth-order valence-corrected chi connectivity index (χ4v) is 4.29. The van der Waals surface area contributed by atoms with E-state index in [0.29, 0.717) is 4.90 Å². The van der Waals surface area contributed by atoms with Gasteiger partial charge in [0.15, 0.2) is 0 Å². The summed E-state index contributed by atoms with van der Waals surface area (Å²) in [6, 6.07) is 5.24. The van der Waals surface area contributed by atoms with Crippen molar-refractivity contribution < 1.29 is 8.42 Å². The Morgan fingerprint density at radius 2 is 2.10 bits per heavy atom. The summed E-state index contributed by atoms with van der Waals surface area (Å²) < 4.78 is 27.8. The van der Waals surface area contributed by atoms with Gasteiger partial charge in [-0.2, -0.15) is 4.31 Å². The second-order valence-electron chi connectivity index (χ2n) is 5.49. The molecule has 1 aliphatic heterocycles. The Balaban J connectivity index is 2.26. The highest BCUT2D eigenvalue weighted by Gasteiger charge is 2.30. The predicted octanol–water partition coefficient (Wildman–Crippen LogP) is 2.47. The molecule has 0 saturated carbocycles. The molecule has 2 rings (SSSR count). The number of halogens is 1. The van der Waals surface area contributed by atoms with Crippen LogP contribution in [0, 0.1) is 6.92 Å². The minimum atomic E-state index is -3.42. The molecule has 112 valence electrons. The Bertz CT molecular complexity index is 589. The summed E-state index contributed by atoms with van der Waals surface area (Å²) in [5.41, 5.74) is 0.931. The van der Waals surface area contributed by atoms with Gasteiger partial charge in [-0.3, -0.25) is 0 Å². The zero-order valence-corrected chi connectivity index (χ0v) is 14.5. The smallest absolute Gasteiger partial charge is 0.243 e. The lowest BCUT2D eigenvalue weighted by molar-refractivity contribution is 0.187. The zero-order valence-electron chi connectivity index (χ0n) is 12.1. The van der Waals surface area contributed by atoms with Crippen molar-refractivity contribution in [2.24, 2.45) is 0 Å². The van der Waals surface area contributed by atoms with Crippen LogP contribution in [0.15, 0.2) is 27.6 Å². The van der Waals surface area contributed by atoms with E-state index in [-0.39, 0.29) is 6.04 Å². The molecule has 0 spiro atoms. The van der Waals surface area contributed by atoms with Crippen molar-refractivity contribution in [1.29, 1.82) is 0 Å². The summed E-state index contributed by atoms with van der Waals surface area (Å²) in [5, 5.41) is 0. The molecule has 1 saturated heterocycles. The number of likely N-dealkylation sites (tertiary alicyclic amines) is 1. The standard InChI is InChI=1S/C14H21BrN2O2S/c1-11-9-13(6-7-14(11)15)20(18,19)17(3)12-5-4-8-16(2)10-12/h6-7,9,12H,4-5,8,10H2,1-3H3. The molecule has 1 unspecified atom stereocenters. The lowest BCUT2D eigenvalue weighted by Crippen LogP contribution is -2.47. The van der Waals surface area contributed by atoms with E-state index in [9.17, 15) is 8.42 Å². The first-order chi connectivity index (χ1) is 9.32. The summed E-state index contributed by atoms with van der Waals surface area (Å²) in [7, 11) is 0.314. The van der Waals surface area contributed by atoms with Gasteiger partial charge in [-0.25, -0.2) is 8.42 Å². The first-order valence-corrected chi connectivity index (χ1v) is 8.98. The predicted molar refractivity (Wildman–Crippen MR) is 84.3 cm³/mol. The molecule has 0 aromatic heterocycles. The van der Waals surface area contributed by atoms with Crippen LogP contribution in [0.2, 0.25) is 0 Å². The van der Waals surface area contributed by atoms with Crippen LogP contribution in [0.4, 0.5) is 0 Å². The largest absolute Gasteiger partial charge is 0.305 e. The molecule has 0 aliphatic carbocycles. The highest BCUT2D eigenvalue weighted by molar-refractivity contribution is 9.10. The lowest BCUT2D eigenvalue weighted by atomic mass is 10.1. The highest BCUT2D eigenvalue weighted by atomic mass is 79.9. The molecule has 1 aromatic rings. The maximum atomic E-state index is 12.7. The fraction of sp³-hybridized carbons (Fsp3) is 0.571. The SMILES string of the molecule is Cc1cc(S(=O)(=O)N(C)C2CCCN(C)C2)ccc1Br. The number of hydrogen-bond donors (Lipinski definition) is 0. The number of likely N-dealkylation sites (N-methyl/N-ethyl adjacent to an activating group) is 2. The van der Waals surface area contributed by atoms with E-state index >= 15 is 0 Å². The number of sulfonamides is 1. The van der Waals surface area contributed by atoms with E-state index in [4.69, 9.17) is 0 Å². The van der Waals surface area contributed by atoms with Crippen LogP contribution in [-0.4, -0.2) is 50.8 Å². The second kappa shape index (κ2) is 6.13. The van der Waals surface area contributed by atoms with Gasteiger partial charge in [0.05, 0.1) is 4.90 Å². The van der Waals surface area contributed by atoms with Crippen LogP contribution in [0.5, 0.6) is 0 Å². The Kier molecular flexibility index (Phi) is 4.89. The van der Waals surface area contributed by atoms with E-state index in [2.05, 4.69) is 20.8 Å². The zero-order chi connectivity index (χ0) is 14.9. The summed E-state index contributed by atoms with van der Waals surface area (Å²) >= 11 is 3.40. The number of rotatable bonds is 3. The summed E-state index contributed by atoms with van der Waals surface area (Å²) in [5.74, 6) is 0. The van der Waals surface area contributed by atoms with E-state index in [0.717, 1.165) is 36.0 Å². The molecule has 0 amide bonds. The Morgan fingerprint density at radius 1 is 1.40 bits per heavy atom. The molecule has 1 aromatic carbocycles. The third kappa shape index (κ3) is 3.24. The fourth-order valence-electron chi connectivity index (χ4n) is 2.58. The number of hydrogen-bond acceptors (Lipinski definition) is 3. The van der Waals surface area contributed by atoms with Crippen molar-refractivity contribution in [2.75, 3.05) is 27.2 Å². The normalized spacial score (nSPS) is 21.4. The van der Waals surface area contributed by atoms with Crippen molar-refractivity contribution in [2.45, 2.75) is 30.7 Å². The average molecular weight is 361 g/mol. The molecular weight excluding hydrogens is 340 g/mol. The van der Waals surface area contributed by atoms with Crippen molar-refractivity contribution in [3.05, 3.63) is 28.2 Å². The maximum absolute atomic E-state index is 12.7. The summed E-state index contributed by atoms with van der Waals surface area (Å²) in [6.45, 7) is 3.74. The molecule has 1 heterocycles. The maximum Gasteiger partial charge on any atom is 0.243 e. The summed E-state index contributed by atoms with van der Waals surface area (Å²) in [4.78, 5) is 2.56. The van der Waals surface area contributed by atoms with Crippen LogP contribution >= 0.6 is 15.9 Å². The van der Waals surface area contributed by atoms with Gasteiger partial charge in [0, 0.05) is 24.1 Å². The Hall–Kier alpha value is -0.430. The number of benzene rings is 1. The van der Waals surface area contributed by atoms with E-state index in [1.165, 1.54) is 4.31 Å². The van der Waals surface area contributed by atoms with Gasteiger partial charge in [0.1, 0.15) is 0 Å². The van der Waals surface area contributed by atoms with E-state index < -0.39 is 10.0 Å². The molecular formula is C14H21BrN2O2S. The molecule has 4 nitrogen and oxygen atoms in total. The molecule has 6 heteroatoms. The van der Waals surface area contributed by atoms with Crippen molar-refractivity contribution >= 4 is 26.0 Å². The minimum Gasteiger partial charge on any atom is -0.305 e. The topological polar surface area (TPSA) is 40.6 Å². The molecule has 20 heavy (non-hydrogen) atoms. The van der Waals surface area contributed by atoms with Crippen LogP contribution in [-0.2, 0) is 10.0 Å². The molecule has 0 bridgehead atoms. The van der Waals surface area contributed by atoms with Gasteiger partial charge in [-0.15, -0.1) is 0 Å². The lowest BCUT2D eigenvalue weighted by Gasteiger charge is -2.35. The van der Waals surface area contributed by atoms with Gasteiger partial charge < -0.3 is 4.90 Å². The molecule has 0 N–H and O–H groups in total. The van der Waals surface area contributed by atoms with Crippen LogP contribution < -0.4 is 0 Å². The summed E-state index contributed by atoms with van der Waals surface area (Å²) in [6.07, 6.45) is 1.97. The average Bonchev–Trinajstić information content (AvgIpc) is 2.40. The van der Waals surface area contributed by atoms with E-state index in [1.807, 2.05) is 14.0 Å². The Labute approximate surface area is 129 Å². The first kappa shape index (κ1) is 15.9. The molecule has 1 atom stereocenters. The first-order valence-electron chi connectivity index (χ1n) is 6.75. The third-order valence-electron chi connectivity index (χ3n) is 3.92. The van der Waals surface area contributed by atoms with Crippen molar-refractivity contribution in [1.82, 2.24) is 9.21 Å².